The number of para-hydroxylation sites is 1. The van der Waals surface area contributed by atoms with E-state index in [1.54, 1.807) is 7.11 Å². The molecule has 6 nitrogen and oxygen atoms in total. The number of hydrogen-bond acceptors (Lipinski definition) is 6. The van der Waals surface area contributed by atoms with Crippen molar-refractivity contribution in [3.63, 3.8) is 0 Å². The number of hydrogen-bond donors (Lipinski definition) is 1. The molecule has 1 atom stereocenters. The summed E-state index contributed by atoms with van der Waals surface area (Å²) in [5.74, 6) is 1.49. The second kappa shape index (κ2) is 8.67. The Hall–Kier alpha value is -1.34. The first-order valence-corrected chi connectivity index (χ1v) is 8.75. The Morgan fingerprint density at radius 2 is 1.96 bits per heavy atom. The average molecular weight is 336 g/mol. The molecule has 2 aliphatic heterocycles. The zero-order valence-electron chi connectivity index (χ0n) is 14.4. The maximum Gasteiger partial charge on any atom is 0.165 e. The van der Waals surface area contributed by atoms with Crippen molar-refractivity contribution in [3.8, 4) is 11.5 Å². The number of likely N-dealkylation sites (tertiary alicyclic amines) is 1. The highest BCUT2D eigenvalue weighted by Gasteiger charge is 2.20. The monoisotopic (exact) mass is 336 g/mol. The van der Waals surface area contributed by atoms with Gasteiger partial charge in [-0.3, -0.25) is 9.80 Å². The third kappa shape index (κ3) is 4.60. The van der Waals surface area contributed by atoms with E-state index in [1.165, 1.54) is 6.42 Å². The number of ether oxygens (including phenoxy) is 3. The summed E-state index contributed by atoms with van der Waals surface area (Å²) in [6.07, 6.45) is 0.739. The number of aliphatic hydroxyl groups excluding tert-OH is 1. The largest absolute Gasteiger partial charge is 0.493 e. The van der Waals surface area contributed by atoms with Crippen LogP contribution in [0, 0.1) is 0 Å². The molecule has 2 aliphatic rings. The molecule has 0 aromatic heterocycles. The normalized spacial score (nSPS) is 20.4. The lowest BCUT2D eigenvalue weighted by Crippen LogP contribution is -2.42. The number of methoxy groups -OCH3 is 1. The minimum absolute atomic E-state index is 0.269. The minimum Gasteiger partial charge on any atom is -0.493 e. The number of rotatable bonds is 8. The van der Waals surface area contributed by atoms with E-state index in [2.05, 4.69) is 15.9 Å². The summed E-state index contributed by atoms with van der Waals surface area (Å²) < 4.78 is 16.8. The molecular formula is C18H28N2O4. The molecular weight excluding hydrogens is 308 g/mol. The van der Waals surface area contributed by atoms with Crippen molar-refractivity contribution in [1.82, 2.24) is 9.80 Å². The first kappa shape index (κ1) is 17.5. The van der Waals surface area contributed by atoms with Crippen molar-refractivity contribution >= 4 is 0 Å². The van der Waals surface area contributed by atoms with Gasteiger partial charge in [0.1, 0.15) is 12.7 Å². The average Bonchev–Trinajstić information content (AvgIpc) is 2.57. The van der Waals surface area contributed by atoms with E-state index in [9.17, 15) is 5.11 Å². The van der Waals surface area contributed by atoms with Gasteiger partial charge in [0, 0.05) is 31.7 Å². The molecule has 1 unspecified atom stereocenters. The van der Waals surface area contributed by atoms with Crippen LogP contribution in [0.15, 0.2) is 18.2 Å². The van der Waals surface area contributed by atoms with Gasteiger partial charge in [-0.2, -0.15) is 0 Å². The molecule has 0 spiro atoms. The fraction of sp³-hybridized carbons (Fsp3) is 0.667. The molecule has 1 aromatic carbocycles. The lowest BCUT2D eigenvalue weighted by atomic mass is 10.1. The van der Waals surface area contributed by atoms with Crippen molar-refractivity contribution in [1.29, 1.82) is 0 Å². The number of aliphatic hydroxyl groups is 1. The van der Waals surface area contributed by atoms with E-state index >= 15 is 0 Å². The van der Waals surface area contributed by atoms with Gasteiger partial charge in [-0.15, -0.1) is 0 Å². The smallest absolute Gasteiger partial charge is 0.165 e. The fourth-order valence-corrected chi connectivity index (χ4v) is 3.11. The van der Waals surface area contributed by atoms with E-state index in [1.807, 2.05) is 12.1 Å². The maximum absolute atomic E-state index is 10.3. The number of nitrogens with zero attached hydrogens (tertiary/aromatic N) is 2. The first-order valence-electron chi connectivity index (χ1n) is 8.75. The summed E-state index contributed by atoms with van der Waals surface area (Å²) >= 11 is 0. The second-order valence-electron chi connectivity index (χ2n) is 6.46. The lowest BCUT2D eigenvalue weighted by molar-refractivity contribution is 0.00427. The van der Waals surface area contributed by atoms with Crippen LogP contribution in [0.1, 0.15) is 12.0 Å². The summed E-state index contributed by atoms with van der Waals surface area (Å²) in [5.41, 5.74) is 1.12. The van der Waals surface area contributed by atoms with Crippen LogP contribution in [0.4, 0.5) is 0 Å². The Balaban J connectivity index is 1.57. The van der Waals surface area contributed by atoms with Gasteiger partial charge < -0.3 is 19.3 Å². The van der Waals surface area contributed by atoms with Crippen molar-refractivity contribution in [2.24, 2.45) is 0 Å². The molecule has 2 heterocycles. The van der Waals surface area contributed by atoms with Crippen molar-refractivity contribution in [3.05, 3.63) is 23.8 Å². The fourth-order valence-electron chi connectivity index (χ4n) is 3.11. The van der Waals surface area contributed by atoms with E-state index in [-0.39, 0.29) is 6.61 Å². The van der Waals surface area contributed by atoms with Crippen LogP contribution in [0.5, 0.6) is 11.5 Å². The number of morpholine rings is 1. The molecule has 24 heavy (non-hydrogen) atoms. The first-order chi connectivity index (χ1) is 11.8. The Labute approximate surface area is 143 Å². The zero-order chi connectivity index (χ0) is 16.8. The third-order valence-electron chi connectivity index (χ3n) is 4.62. The molecule has 1 N–H and O–H groups in total. The highest BCUT2D eigenvalue weighted by atomic mass is 16.5. The molecule has 0 saturated carbocycles. The van der Waals surface area contributed by atoms with Crippen LogP contribution in [-0.4, -0.2) is 80.7 Å². The summed E-state index contributed by atoms with van der Waals surface area (Å²) in [7, 11) is 1.65. The predicted molar refractivity (Wildman–Crippen MR) is 91.6 cm³/mol. The summed E-state index contributed by atoms with van der Waals surface area (Å²) in [4.78, 5) is 4.59. The van der Waals surface area contributed by atoms with Crippen molar-refractivity contribution < 1.29 is 19.3 Å². The van der Waals surface area contributed by atoms with E-state index in [4.69, 9.17) is 14.2 Å². The molecule has 0 amide bonds. The maximum atomic E-state index is 10.3. The minimum atomic E-state index is -0.523. The van der Waals surface area contributed by atoms with Crippen LogP contribution in [-0.2, 0) is 11.3 Å². The molecule has 3 rings (SSSR count). The summed E-state index contributed by atoms with van der Waals surface area (Å²) in [6, 6.07) is 5.97. The highest BCUT2D eigenvalue weighted by molar-refractivity contribution is 5.46. The number of benzene rings is 1. The quantitative estimate of drug-likeness (QED) is 0.764. The number of β-amino-alcohol motifs (C(OH)–C–C–N with tert-alkyl or cyclic N) is 1. The molecule has 134 valence electrons. The van der Waals surface area contributed by atoms with Crippen LogP contribution in [0.2, 0.25) is 0 Å². The van der Waals surface area contributed by atoms with Gasteiger partial charge in [-0.1, -0.05) is 12.1 Å². The molecule has 0 radical (unpaired) electrons. The van der Waals surface area contributed by atoms with Gasteiger partial charge >= 0.3 is 0 Å². The summed E-state index contributed by atoms with van der Waals surface area (Å²) in [5, 5.41) is 10.3. The van der Waals surface area contributed by atoms with Gasteiger partial charge in [0.2, 0.25) is 0 Å². The van der Waals surface area contributed by atoms with Crippen molar-refractivity contribution in [2.45, 2.75) is 19.1 Å². The molecule has 2 fully saturated rings. The van der Waals surface area contributed by atoms with E-state index in [0.29, 0.717) is 6.54 Å². The molecule has 0 aliphatic carbocycles. The summed E-state index contributed by atoms with van der Waals surface area (Å²) in [6.45, 7) is 7.22. The molecule has 6 heteroatoms. The van der Waals surface area contributed by atoms with Crippen LogP contribution in [0.3, 0.4) is 0 Å². The molecule has 2 saturated heterocycles. The SMILES string of the molecule is COc1cccc(CN2CCC2)c1OCC(O)CN1CCOCC1. The Kier molecular flexibility index (Phi) is 6.31. The van der Waals surface area contributed by atoms with E-state index in [0.717, 1.165) is 63.0 Å². The second-order valence-corrected chi connectivity index (χ2v) is 6.46. The molecule has 1 aromatic rings. The predicted octanol–water partition coefficient (Wildman–Crippen LogP) is 0.973. The Morgan fingerprint density at radius 1 is 1.17 bits per heavy atom. The Bertz CT molecular complexity index is 516. The van der Waals surface area contributed by atoms with Crippen molar-refractivity contribution in [2.75, 3.05) is 59.7 Å². The van der Waals surface area contributed by atoms with Crippen LogP contribution < -0.4 is 9.47 Å². The van der Waals surface area contributed by atoms with Gasteiger partial charge in [-0.05, 0) is 25.6 Å². The van der Waals surface area contributed by atoms with Gasteiger partial charge in [0.05, 0.1) is 20.3 Å². The van der Waals surface area contributed by atoms with Gasteiger partial charge in [-0.25, -0.2) is 0 Å². The van der Waals surface area contributed by atoms with Crippen LogP contribution >= 0.6 is 0 Å². The Morgan fingerprint density at radius 3 is 2.62 bits per heavy atom. The topological polar surface area (TPSA) is 54.4 Å². The highest BCUT2D eigenvalue weighted by Crippen LogP contribution is 2.32. The standard InChI is InChI=1S/C18H28N2O4/c1-22-17-5-2-4-15(12-19-6-3-7-19)18(17)24-14-16(21)13-20-8-10-23-11-9-20/h2,4-5,16,21H,3,6-14H2,1H3. The third-order valence-corrected chi connectivity index (χ3v) is 4.62. The molecule has 0 bridgehead atoms. The lowest BCUT2D eigenvalue weighted by Gasteiger charge is -2.31. The van der Waals surface area contributed by atoms with Crippen LogP contribution in [0.25, 0.3) is 0 Å². The zero-order valence-corrected chi connectivity index (χ0v) is 14.4. The van der Waals surface area contributed by atoms with E-state index < -0.39 is 6.10 Å². The van der Waals surface area contributed by atoms with Gasteiger partial charge in [0.15, 0.2) is 11.5 Å². The van der Waals surface area contributed by atoms with Gasteiger partial charge in [0.25, 0.3) is 0 Å².